The zero-order valence-corrected chi connectivity index (χ0v) is 14.8. The van der Waals surface area contributed by atoms with Crippen LogP contribution >= 0.6 is 0 Å². The quantitative estimate of drug-likeness (QED) is 0.820. The first-order valence-electron chi connectivity index (χ1n) is 7.72. The molecule has 0 aromatic rings. The zero-order chi connectivity index (χ0) is 16.8. The summed E-state index contributed by atoms with van der Waals surface area (Å²) in [5, 5.41) is 2.73. The van der Waals surface area contributed by atoms with E-state index in [0.717, 1.165) is 6.42 Å². The number of alkyl carbamates (subject to hydrolysis) is 1. The second kappa shape index (κ2) is 8.25. The van der Waals surface area contributed by atoms with Crippen LogP contribution in [0.1, 0.15) is 54.9 Å². The van der Waals surface area contributed by atoms with E-state index in [2.05, 4.69) is 19.2 Å². The molecule has 0 aliphatic rings. The summed E-state index contributed by atoms with van der Waals surface area (Å²) in [5.74, 6) is 0.376. The third-order valence-electron chi connectivity index (χ3n) is 3.17. The highest BCUT2D eigenvalue weighted by Gasteiger charge is 2.30. The lowest BCUT2D eigenvalue weighted by molar-refractivity contribution is -0.133. The van der Waals surface area contributed by atoms with Crippen LogP contribution in [0, 0.1) is 11.8 Å². The molecule has 21 heavy (non-hydrogen) atoms. The molecule has 0 saturated heterocycles. The number of ether oxygens (including phenoxy) is 1. The first-order valence-corrected chi connectivity index (χ1v) is 7.72. The molecule has 0 fully saturated rings. The average molecular weight is 300 g/mol. The van der Waals surface area contributed by atoms with E-state index in [-0.39, 0.29) is 11.8 Å². The summed E-state index contributed by atoms with van der Waals surface area (Å²) >= 11 is 0. The van der Waals surface area contributed by atoms with Crippen LogP contribution in [0.2, 0.25) is 0 Å². The van der Waals surface area contributed by atoms with E-state index < -0.39 is 17.7 Å². The van der Waals surface area contributed by atoms with Gasteiger partial charge >= 0.3 is 6.09 Å². The summed E-state index contributed by atoms with van der Waals surface area (Å²) in [5.41, 5.74) is -0.572. The van der Waals surface area contributed by atoms with Crippen molar-refractivity contribution in [2.24, 2.45) is 11.8 Å². The van der Waals surface area contributed by atoms with Crippen molar-refractivity contribution in [3.63, 3.8) is 0 Å². The maximum atomic E-state index is 12.5. The van der Waals surface area contributed by atoms with Gasteiger partial charge in [0.25, 0.3) is 0 Å². The Morgan fingerprint density at radius 3 is 2.10 bits per heavy atom. The van der Waals surface area contributed by atoms with Gasteiger partial charge in [-0.15, -0.1) is 0 Å². The topological polar surface area (TPSA) is 58.6 Å². The monoisotopic (exact) mass is 300 g/mol. The van der Waals surface area contributed by atoms with Gasteiger partial charge in [0.05, 0.1) is 0 Å². The Morgan fingerprint density at radius 2 is 1.71 bits per heavy atom. The molecule has 2 amide bonds. The Hall–Kier alpha value is -1.26. The zero-order valence-electron chi connectivity index (χ0n) is 14.8. The maximum absolute atomic E-state index is 12.5. The van der Waals surface area contributed by atoms with Gasteiger partial charge in [0.15, 0.2) is 0 Å². The highest BCUT2D eigenvalue weighted by atomic mass is 16.6. The molecule has 0 heterocycles. The van der Waals surface area contributed by atoms with Crippen LogP contribution in [0.3, 0.4) is 0 Å². The van der Waals surface area contributed by atoms with Gasteiger partial charge in [0.1, 0.15) is 11.6 Å². The molecular formula is C16H32N2O3. The summed E-state index contributed by atoms with van der Waals surface area (Å²) in [6, 6.07) is -0.548. The van der Waals surface area contributed by atoms with Crippen LogP contribution in [0.25, 0.3) is 0 Å². The Balaban J connectivity index is 4.88. The molecule has 0 unspecified atom stereocenters. The molecule has 0 rings (SSSR count). The van der Waals surface area contributed by atoms with E-state index in [9.17, 15) is 9.59 Å². The molecule has 0 bridgehead atoms. The number of rotatable bonds is 6. The summed E-state index contributed by atoms with van der Waals surface area (Å²) < 4.78 is 5.25. The van der Waals surface area contributed by atoms with E-state index in [4.69, 9.17) is 4.74 Å². The summed E-state index contributed by atoms with van der Waals surface area (Å²) in [6.45, 7) is 14.2. The highest BCUT2D eigenvalue weighted by Crippen LogP contribution is 2.13. The minimum atomic E-state index is -0.572. The van der Waals surface area contributed by atoms with Crippen LogP contribution in [0.5, 0.6) is 0 Å². The number of carbonyl (C=O) groups excluding carboxylic acids is 2. The first kappa shape index (κ1) is 19.7. The molecule has 5 nitrogen and oxygen atoms in total. The largest absolute Gasteiger partial charge is 0.444 e. The third kappa shape index (κ3) is 7.93. The molecule has 0 aromatic carbocycles. The van der Waals surface area contributed by atoms with Gasteiger partial charge in [0.2, 0.25) is 5.91 Å². The molecule has 0 aliphatic carbocycles. The second-order valence-corrected chi connectivity index (χ2v) is 7.12. The molecule has 1 N–H and O–H groups in total. The fourth-order valence-corrected chi connectivity index (χ4v) is 1.99. The van der Waals surface area contributed by atoms with Crippen LogP contribution in [0.4, 0.5) is 4.79 Å². The van der Waals surface area contributed by atoms with Crippen molar-refractivity contribution in [3.05, 3.63) is 0 Å². The summed E-state index contributed by atoms with van der Waals surface area (Å²) in [4.78, 5) is 26.1. The van der Waals surface area contributed by atoms with Gasteiger partial charge in [-0.05, 0) is 32.6 Å². The fraction of sp³-hybridized carbons (Fsp3) is 0.875. The number of hydrogen-bond acceptors (Lipinski definition) is 3. The van der Waals surface area contributed by atoms with Crippen molar-refractivity contribution >= 4 is 12.0 Å². The lowest BCUT2D eigenvalue weighted by Gasteiger charge is -2.30. The predicted molar refractivity (Wildman–Crippen MR) is 85.1 cm³/mol. The van der Waals surface area contributed by atoms with Gasteiger partial charge in [-0.1, -0.05) is 34.1 Å². The van der Waals surface area contributed by atoms with E-state index in [0.29, 0.717) is 12.5 Å². The van der Waals surface area contributed by atoms with Crippen molar-refractivity contribution in [3.8, 4) is 0 Å². The van der Waals surface area contributed by atoms with Gasteiger partial charge in [-0.3, -0.25) is 4.79 Å². The SMILES string of the molecule is CC[C@H](C)[C@H](NC(=O)OC(C)(C)C)C(=O)N(C)CC(C)C. The molecular weight excluding hydrogens is 268 g/mol. The molecule has 0 radical (unpaired) electrons. The summed E-state index contributed by atoms with van der Waals surface area (Å²) in [6.07, 6.45) is 0.265. The van der Waals surface area contributed by atoms with Gasteiger partial charge in [-0.2, -0.15) is 0 Å². The van der Waals surface area contributed by atoms with Crippen molar-refractivity contribution < 1.29 is 14.3 Å². The smallest absolute Gasteiger partial charge is 0.408 e. The molecule has 0 aromatic heterocycles. The first-order chi connectivity index (χ1) is 9.47. The highest BCUT2D eigenvalue weighted by molar-refractivity contribution is 5.85. The second-order valence-electron chi connectivity index (χ2n) is 7.12. The van der Waals surface area contributed by atoms with Gasteiger partial charge in [0, 0.05) is 13.6 Å². The third-order valence-corrected chi connectivity index (χ3v) is 3.17. The molecule has 0 saturated carbocycles. The average Bonchev–Trinajstić information content (AvgIpc) is 2.31. The maximum Gasteiger partial charge on any atom is 0.408 e. The van der Waals surface area contributed by atoms with Gasteiger partial charge < -0.3 is 15.0 Å². The molecule has 5 heteroatoms. The Labute approximate surface area is 129 Å². The molecule has 124 valence electrons. The lowest BCUT2D eigenvalue weighted by atomic mass is 9.97. The predicted octanol–water partition coefficient (Wildman–Crippen LogP) is 3.04. The van der Waals surface area contributed by atoms with Crippen molar-refractivity contribution in [1.82, 2.24) is 10.2 Å². The van der Waals surface area contributed by atoms with Crippen molar-refractivity contribution in [2.45, 2.75) is 66.5 Å². The van der Waals surface area contributed by atoms with Crippen LogP contribution < -0.4 is 5.32 Å². The van der Waals surface area contributed by atoms with Crippen LogP contribution in [-0.4, -0.2) is 42.1 Å². The van der Waals surface area contributed by atoms with E-state index in [1.165, 1.54) is 0 Å². The lowest BCUT2D eigenvalue weighted by Crippen LogP contribution is -2.52. The molecule has 2 atom stereocenters. The number of nitrogens with one attached hydrogen (secondary N) is 1. The van der Waals surface area contributed by atoms with Crippen molar-refractivity contribution in [1.29, 1.82) is 0 Å². The van der Waals surface area contributed by atoms with E-state index in [1.54, 1.807) is 32.7 Å². The standard InChI is InChI=1S/C16H32N2O3/c1-9-12(4)13(14(19)18(8)10-11(2)3)17-15(20)21-16(5,6)7/h11-13H,9-10H2,1-8H3,(H,17,20)/t12-,13-/m0/s1. The van der Waals surface area contributed by atoms with Crippen LogP contribution in [0.15, 0.2) is 0 Å². The minimum Gasteiger partial charge on any atom is -0.444 e. The number of hydrogen-bond donors (Lipinski definition) is 1. The number of carbonyl (C=O) groups is 2. The minimum absolute atomic E-state index is 0.0552. The fourth-order valence-electron chi connectivity index (χ4n) is 1.99. The number of amides is 2. The molecule has 0 spiro atoms. The Kier molecular flexibility index (Phi) is 7.75. The van der Waals surface area contributed by atoms with E-state index in [1.807, 2.05) is 13.8 Å². The number of likely N-dealkylation sites (N-methyl/N-ethyl adjacent to an activating group) is 1. The van der Waals surface area contributed by atoms with E-state index >= 15 is 0 Å². The van der Waals surface area contributed by atoms with Crippen molar-refractivity contribution in [2.75, 3.05) is 13.6 Å². The Bertz CT molecular complexity index is 348. The van der Waals surface area contributed by atoms with Crippen LogP contribution in [-0.2, 0) is 9.53 Å². The normalized spacial score (nSPS) is 14.5. The Morgan fingerprint density at radius 1 is 1.19 bits per heavy atom. The number of nitrogens with zero attached hydrogens (tertiary/aromatic N) is 1. The summed E-state index contributed by atoms with van der Waals surface area (Å²) in [7, 11) is 1.77. The van der Waals surface area contributed by atoms with Gasteiger partial charge in [-0.25, -0.2) is 4.79 Å². The molecule has 0 aliphatic heterocycles.